The highest BCUT2D eigenvalue weighted by atomic mass is 19.3. The van der Waals surface area contributed by atoms with Gasteiger partial charge in [-0.3, -0.25) is 4.57 Å². The highest BCUT2D eigenvalue weighted by Crippen LogP contribution is 2.37. The molecule has 2 heterocycles. The van der Waals surface area contributed by atoms with Gasteiger partial charge in [-0.25, -0.2) is 4.98 Å². The number of ether oxygens (including phenoxy) is 2. The van der Waals surface area contributed by atoms with Crippen molar-refractivity contribution in [3.8, 4) is 11.5 Å². The third-order valence-corrected chi connectivity index (χ3v) is 3.60. The second-order valence-corrected chi connectivity index (χ2v) is 5.17. The molecule has 0 radical (unpaired) electrons. The first kappa shape index (κ1) is 14.6. The lowest BCUT2D eigenvalue weighted by molar-refractivity contribution is 0.0668. The Morgan fingerprint density at radius 1 is 1.45 bits per heavy atom. The number of aromatic nitrogens is 2. The third-order valence-electron chi connectivity index (χ3n) is 3.60. The molecule has 5 nitrogen and oxygen atoms in total. The van der Waals surface area contributed by atoms with Crippen LogP contribution in [0.15, 0.2) is 30.6 Å². The zero-order valence-corrected chi connectivity index (χ0v) is 12.4. The molecule has 1 aromatic carbocycles. The minimum atomic E-state index is -2.60. The summed E-state index contributed by atoms with van der Waals surface area (Å²) in [7, 11) is 1.59. The first-order valence-electron chi connectivity index (χ1n) is 6.98. The summed E-state index contributed by atoms with van der Waals surface area (Å²) in [6, 6.07) is 5.49. The molecule has 1 aromatic heterocycles. The number of hydrogen-bond acceptors (Lipinski definition) is 4. The summed E-state index contributed by atoms with van der Waals surface area (Å²) in [6.45, 7) is 0.224. The van der Waals surface area contributed by atoms with Gasteiger partial charge >= 0.3 is 6.55 Å². The van der Waals surface area contributed by atoms with Crippen LogP contribution in [0.1, 0.15) is 19.3 Å². The van der Waals surface area contributed by atoms with Gasteiger partial charge < -0.3 is 14.4 Å². The van der Waals surface area contributed by atoms with E-state index in [1.54, 1.807) is 7.11 Å². The molecule has 1 aliphatic rings. The molecular formula is C15H17F2N3O2. The maximum Gasteiger partial charge on any atom is 0.319 e. The van der Waals surface area contributed by atoms with Crippen molar-refractivity contribution in [2.75, 3.05) is 18.6 Å². The van der Waals surface area contributed by atoms with Gasteiger partial charge in [0.1, 0.15) is 23.4 Å². The predicted octanol–water partition coefficient (Wildman–Crippen LogP) is 3.07. The van der Waals surface area contributed by atoms with Crippen molar-refractivity contribution in [1.82, 2.24) is 9.55 Å². The average molecular weight is 309 g/mol. The molecule has 7 heteroatoms. The Morgan fingerprint density at radius 3 is 3.00 bits per heavy atom. The molecule has 0 bridgehead atoms. The molecule has 0 saturated heterocycles. The van der Waals surface area contributed by atoms with Gasteiger partial charge in [0, 0.05) is 18.5 Å². The van der Waals surface area contributed by atoms with E-state index in [1.807, 2.05) is 30.0 Å². The van der Waals surface area contributed by atoms with Crippen molar-refractivity contribution >= 4 is 5.69 Å². The summed E-state index contributed by atoms with van der Waals surface area (Å²) in [6.07, 6.45) is 2.64. The van der Waals surface area contributed by atoms with Crippen LogP contribution in [0.4, 0.5) is 14.5 Å². The van der Waals surface area contributed by atoms with Crippen molar-refractivity contribution in [1.29, 1.82) is 0 Å². The number of rotatable bonds is 4. The van der Waals surface area contributed by atoms with Crippen LogP contribution in [-0.4, -0.2) is 29.3 Å². The Labute approximate surface area is 127 Å². The summed E-state index contributed by atoms with van der Waals surface area (Å²) in [4.78, 5) is 6.02. The van der Waals surface area contributed by atoms with Crippen molar-refractivity contribution < 1.29 is 18.3 Å². The molecule has 0 saturated carbocycles. The summed E-state index contributed by atoms with van der Waals surface area (Å²) in [5, 5.41) is 0. The number of imidazole rings is 1. The molecule has 0 amide bonds. The second-order valence-electron chi connectivity index (χ2n) is 5.17. The fraction of sp³-hybridized carbons (Fsp3) is 0.400. The summed E-state index contributed by atoms with van der Waals surface area (Å²) in [5.41, 5.74) is 0.821. The van der Waals surface area contributed by atoms with E-state index < -0.39 is 6.55 Å². The van der Waals surface area contributed by atoms with Gasteiger partial charge in [0.05, 0.1) is 25.9 Å². The van der Waals surface area contributed by atoms with Gasteiger partial charge in [0.25, 0.3) is 0 Å². The van der Waals surface area contributed by atoms with E-state index >= 15 is 0 Å². The average Bonchev–Trinajstić information content (AvgIpc) is 2.95. The summed E-state index contributed by atoms with van der Waals surface area (Å²) >= 11 is 0. The van der Waals surface area contributed by atoms with Gasteiger partial charge in [0.2, 0.25) is 0 Å². The van der Waals surface area contributed by atoms with Gasteiger partial charge in [0.15, 0.2) is 0 Å². The predicted molar refractivity (Wildman–Crippen MR) is 77.6 cm³/mol. The smallest absolute Gasteiger partial charge is 0.319 e. The SMILES string of the molecule is COc1ccc2c(c1)N(Cc1nccn1C(F)F)C[C@@H](C)O2. The number of hydrogen-bond donors (Lipinski definition) is 0. The van der Waals surface area contributed by atoms with Crippen molar-refractivity contribution in [2.24, 2.45) is 0 Å². The number of methoxy groups -OCH3 is 1. The quantitative estimate of drug-likeness (QED) is 0.870. The second kappa shape index (κ2) is 5.82. The lowest BCUT2D eigenvalue weighted by atomic mass is 10.2. The Bertz CT molecular complexity index is 660. The van der Waals surface area contributed by atoms with Gasteiger partial charge in [-0.1, -0.05) is 0 Å². The Kier molecular flexibility index (Phi) is 3.87. The van der Waals surface area contributed by atoms with E-state index in [0.29, 0.717) is 18.1 Å². The molecule has 22 heavy (non-hydrogen) atoms. The monoisotopic (exact) mass is 309 g/mol. The molecular weight excluding hydrogens is 292 g/mol. The Morgan fingerprint density at radius 2 is 2.27 bits per heavy atom. The summed E-state index contributed by atoms with van der Waals surface area (Å²) in [5.74, 6) is 1.73. The molecule has 0 aliphatic carbocycles. The number of fused-ring (bicyclic) bond motifs is 1. The first-order chi connectivity index (χ1) is 10.6. The molecule has 0 spiro atoms. The number of halogens is 2. The molecule has 2 aromatic rings. The summed E-state index contributed by atoms with van der Waals surface area (Å²) < 4.78 is 37.8. The standard InChI is InChI=1S/C15H17F2N3O2/c1-10-8-19(9-14-18-5-6-20(14)15(16)17)12-7-11(21-2)3-4-13(12)22-10/h3-7,10,15H,8-9H2,1-2H3/t10-/m1/s1. The van der Waals surface area contributed by atoms with Crippen LogP contribution in [0.5, 0.6) is 11.5 Å². The molecule has 0 fully saturated rings. The Balaban J connectivity index is 1.92. The largest absolute Gasteiger partial charge is 0.497 e. The van der Waals surface area contributed by atoms with Crippen LogP contribution in [0, 0.1) is 0 Å². The Hall–Kier alpha value is -2.31. The molecule has 118 valence electrons. The molecule has 0 N–H and O–H groups in total. The number of nitrogens with zero attached hydrogens (tertiary/aromatic N) is 3. The van der Waals surface area contributed by atoms with Crippen LogP contribution < -0.4 is 14.4 Å². The number of benzene rings is 1. The first-order valence-corrected chi connectivity index (χ1v) is 6.98. The van der Waals surface area contributed by atoms with Crippen LogP contribution in [0.3, 0.4) is 0 Å². The normalized spacial score (nSPS) is 17.3. The fourth-order valence-corrected chi connectivity index (χ4v) is 2.60. The third kappa shape index (κ3) is 2.70. The van der Waals surface area contributed by atoms with E-state index in [-0.39, 0.29) is 12.6 Å². The maximum atomic E-state index is 13.0. The van der Waals surface area contributed by atoms with Gasteiger partial charge in [-0.15, -0.1) is 0 Å². The molecule has 1 aliphatic heterocycles. The lowest BCUT2D eigenvalue weighted by Crippen LogP contribution is -2.38. The van der Waals surface area contributed by atoms with Gasteiger partial charge in [-0.2, -0.15) is 8.78 Å². The molecule has 1 atom stereocenters. The fourth-order valence-electron chi connectivity index (χ4n) is 2.60. The zero-order valence-electron chi connectivity index (χ0n) is 12.4. The topological polar surface area (TPSA) is 39.5 Å². The van der Waals surface area contributed by atoms with E-state index in [2.05, 4.69) is 4.98 Å². The minimum Gasteiger partial charge on any atom is -0.497 e. The maximum absolute atomic E-state index is 13.0. The highest BCUT2D eigenvalue weighted by molar-refractivity contribution is 5.63. The highest BCUT2D eigenvalue weighted by Gasteiger charge is 2.25. The van der Waals surface area contributed by atoms with Crippen LogP contribution >= 0.6 is 0 Å². The van der Waals surface area contributed by atoms with E-state index in [1.165, 1.54) is 12.4 Å². The van der Waals surface area contributed by atoms with E-state index in [4.69, 9.17) is 9.47 Å². The van der Waals surface area contributed by atoms with Crippen molar-refractivity contribution in [3.63, 3.8) is 0 Å². The van der Waals surface area contributed by atoms with E-state index in [0.717, 1.165) is 16.0 Å². The number of alkyl halides is 2. The van der Waals surface area contributed by atoms with Crippen LogP contribution in [0.25, 0.3) is 0 Å². The van der Waals surface area contributed by atoms with Crippen LogP contribution in [-0.2, 0) is 6.54 Å². The van der Waals surface area contributed by atoms with Crippen molar-refractivity contribution in [3.05, 3.63) is 36.4 Å². The molecule has 3 rings (SSSR count). The molecule has 0 unspecified atom stereocenters. The lowest BCUT2D eigenvalue weighted by Gasteiger charge is -2.35. The zero-order chi connectivity index (χ0) is 15.7. The van der Waals surface area contributed by atoms with Gasteiger partial charge in [-0.05, 0) is 19.1 Å². The van der Waals surface area contributed by atoms with Crippen LogP contribution in [0.2, 0.25) is 0 Å². The number of anilines is 1. The van der Waals surface area contributed by atoms with E-state index in [9.17, 15) is 8.78 Å². The van der Waals surface area contributed by atoms with Crippen molar-refractivity contribution in [2.45, 2.75) is 26.1 Å². The minimum absolute atomic E-state index is 0.0316.